The summed E-state index contributed by atoms with van der Waals surface area (Å²) < 4.78 is 0. The molecule has 4 nitrogen and oxygen atoms in total. The molecule has 84 valence electrons. The second kappa shape index (κ2) is 5.25. The summed E-state index contributed by atoms with van der Waals surface area (Å²) >= 11 is 1.40. The quantitative estimate of drug-likeness (QED) is 0.777. The van der Waals surface area contributed by atoms with Gasteiger partial charge in [-0.2, -0.15) is 5.10 Å². The molecule has 0 amide bonds. The molecule has 0 bridgehead atoms. The molecule has 1 aromatic carbocycles. The number of fused-ring (bicyclic) bond motifs is 1. The summed E-state index contributed by atoms with van der Waals surface area (Å²) in [4.78, 5) is 0. The van der Waals surface area contributed by atoms with Crippen LogP contribution >= 0.6 is 11.8 Å². The van der Waals surface area contributed by atoms with Crippen molar-refractivity contribution in [2.75, 3.05) is 12.4 Å². The van der Waals surface area contributed by atoms with Gasteiger partial charge in [-0.15, -0.1) is 16.9 Å². The Hall–Kier alpha value is -1.17. The predicted molar refractivity (Wildman–Crippen MR) is 63.4 cm³/mol. The highest BCUT2D eigenvalue weighted by molar-refractivity contribution is 7.99. The Bertz CT molecular complexity index is 473. The molecule has 1 aromatic heterocycles. The minimum absolute atomic E-state index is 0.231. The van der Waals surface area contributed by atoms with E-state index in [1.54, 1.807) is 6.20 Å². The lowest BCUT2D eigenvalue weighted by Crippen LogP contribution is -2.14. The van der Waals surface area contributed by atoms with Gasteiger partial charge in [-0.1, -0.05) is 24.3 Å². The summed E-state index contributed by atoms with van der Waals surface area (Å²) in [7, 11) is 0. The van der Waals surface area contributed by atoms with Gasteiger partial charge in [-0.05, 0) is 0 Å². The average Bonchev–Trinajstić information content (AvgIpc) is 2.35. The Labute approximate surface area is 97.3 Å². The Morgan fingerprint density at radius 3 is 2.94 bits per heavy atom. The van der Waals surface area contributed by atoms with E-state index >= 15 is 0 Å². The normalized spacial score (nSPS) is 12.9. The summed E-state index contributed by atoms with van der Waals surface area (Å²) in [6.07, 6.45) is 0.993. The van der Waals surface area contributed by atoms with Crippen LogP contribution < -0.4 is 0 Å². The van der Waals surface area contributed by atoms with E-state index in [4.69, 9.17) is 5.11 Å². The van der Waals surface area contributed by atoms with Crippen molar-refractivity contribution in [2.24, 2.45) is 0 Å². The van der Waals surface area contributed by atoms with Crippen molar-refractivity contribution >= 4 is 22.5 Å². The molecule has 2 rings (SSSR count). The predicted octanol–water partition coefficient (Wildman–Crippen LogP) is 1.08. The highest BCUT2D eigenvalue weighted by Gasteiger charge is 2.07. The molecule has 2 N–H and O–H groups in total. The van der Waals surface area contributed by atoms with Gasteiger partial charge in [0.25, 0.3) is 0 Å². The average molecular weight is 236 g/mol. The van der Waals surface area contributed by atoms with Gasteiger partial charge in [0, 0.05) is 16.5 Å². The number of nitrogens with zero attached hydrogens (tertiary/aromatic N) is 2. The van der Waals surface area contributed by atoms with E-state index < -0.39 is 6.10 Å². The lowest BCUT2D eigenvalue weighted by atomic mass is 10.2. The van der Waals surface area contributed by atoms with Crippen LogP contribution in [0.2, 0.25) is 0 Å². The lowest BCUT2D eigenvalue weighted by Gasteiger charge is -2.07. The highest BCUT2D eigenvalue weighted by atomic mass is 32.2. The summed E-state index contributed by atoms with van der Waals surface area (Å²) in [6, 6.07) is 7.83. The van der Waals surface area contributed by atoms with Crippen LogP contribution in [0.5, 0.6) is 0 Å². The van der Waals surface area contributed by atoms with Crippen LogP contribution in [0.3, 0.4) is 0 Å². The van der Waals surface area contributed by atoms with Crippen molar-refractivity contribution in [3.05, 3.63) is 30.5 Å². The molecule has 0 saturated carbocycles. The fraction of sp³-hybridized carbons (Fsp3) is 0.273. The van der Waals surface area contributed by atoms with Crippen LogP contribution in [0.4, 0.5) is 0 Å². The molecule has 0 radical (unpaired) electrons. The van der Waals surface area contributed by atoms with Crippen LogP contribution in [0.1, 0.15) is 0 Å². The Kier molecular flexibility index (Phi) is 3.71. The molecule has 5 heteroatoms. The number of hydrogen-bond acceptors (Lipinski definition) is 5. The molecule has 16 heavy (non-hydrogen) atoms. The summed E-state index contributed by atoms with van der Waals surface area (Å²) in [5.41, 5.74) is 0. The topological polar surface area (TPSA) is 66.2 Å². The maximum absolute atomic E-state index is 9.27. The van der Waals surface area contributed by atoms with Crippen molar-refractivity contribution in [3.63, 3.8) is 0 Å². The second-order valence-electron chi connectivity index (χ2n) is 3.38. The van der Waals surface area contributed by atoms with Gasteiger partial charge < -0.3 is 10.2 Å². The second-order valence-corrected chi connectivity index (χ2v) is 4.39. The maximum Gasteiger partial charge on any atom is 0.127 e. The number of thioether (sulfide) groups is 1. The van der Waals surface area contributed by atoms with Crippen molar-refractivity contribution in [1.29, 1.82) is 0 Å². The molecule has 0 aliphatic rings. The largest absolute Gasteiger partial charge is 0.394 e. The van der Waals surface area contributed by atoms with E-state index in [0.717, 1.165) is 15.8 Å². The first kappa shape index (κ1) is 11.3. The highest BCUT2D eigenvalue weighted by Crippen LogP contribution is 2.24. The van der Waals surface area contributed by atoms with E-state index in [1.165, 1.54) is 11.8 Å². The third kappa shape index (κ3) is 2.49. The molecule has 1 heterocycles. The van der Waals surface area contributed by atoms with Gasteiger partial charge in [-0.3, -0.25) is 0 Å². The van der Waals surface area contributed by atoms with Gasteiger partial charge >= 0.3 is 0 Å². The minimum atomic E-state index is -0.717. The van der Waals surface area contributed by atoms with Crippen molar-refractivity contribution in [3.8, 4) is 0 Å². The summed E-state index contributed by atoms with van der Waals surface area (Å²) in [5, 5.41) is 28.8. The molecule has 0 spiro atoms. The van der Waals surface area contributed by atoms with Crippen LogP contribution in [0.25, 0.3) is 10.8 Å². The minimum Gasteiger partial charge on any atom is -0.394 e. The monoisotopic (exact) mass is 236 g/mol. The van der Waals surface area contributed by atoms with Crippen LogP contribution in [0.15, 0.2) is 35.5 Å². The zero-order valence-corrected chi connectivity index (χ0v) is 9.39. The summed E-state index contributed by atoms with van der Waals surface area (Å²) in [5.74, 6) is 0.416. The number of hydrogen-bond donors (Lipinski definition) is 2. The first-order chi connectivity index (χ1) is 7.81. The summed E-state index contributed by atoms with van der Waals surface area (Å²) in [6.45, 7) is -0.231. The van der Waals surface area contributed by atoms with Crippen molar-refractivity contribution in [1.82, 2.24) is 10.2 Å². The fourth-order valence-electron chi connectivity index (χ4n) is 1.34. The molecule has 0 aliphatic heterocycles. The zero-order valence-electron chi connectivity index (χ0n) is 8.58. The zero-order chi connectivity index (χ0) is 11.4. The molecular formula is C11H12N2O2S. The molecule has 1 atom stereocenters. The van der Waals surface area contributed by atoms with Crippen LogP contribution in [0, 0.1) is 0 Å². The lowest BCUT2D eigenvalue weighted by molar-refractivity contribution is 0.113. The van der Waals surface area contributed by atoms with Crippen molar-refractivity contribution < 1.29 is 10.2 Å². The Morgan fingerprint density at radius 2 is 2.12 bits per heavy atom. The number of aliphatic hydroxyl groups excluding tert-OH is 2. The SMILES string of the molecule is OCC(O)CSc1nncc2ccccc12. The molecule has 0 aliphatic carbocycles. The van der Waals surface area contributed by atoms with Gasteiger partial charge in [-0.25, -0.2) is 0 Å². The molecule has 0 fully saturated rings. The van der Waals surface area contributed by atoms with Crippen LogP contribution in [-0.2, 0) is 0 Å². The number of rotatable bonds is 4. The van der Waals surface area contributed by atoms with Gasteiger partial charge in [0.05, 0.1) is 18.9 Å². The molecule has 1 unspecified atom stereocenters. The molecule has 2 aromatic rings. The van der Waals surface area contributed by atoms with E-state index in [0.29, 0.717) is 5.75 Å². The Morgan fingerprint density at radius 1 is 1.31 bits per heavy atom. The van der Waals surface area contributed by atoms with Gasteiger partial charge in [0.2, 0.25) is 0 Å². The first-order valence-electron chi connectivity index (χ1n) is 4.93. The van der Waals surface area contributed by atoms with Gasteiger partial charge in [0.15, 0.2) is 0 Å². The number of aliphatic hydroxyl groups is 2. The third-order valence-electron chi connectivity index (χ3n) is 2.16. The van der Waals surface area contributed by atoms with Crippen LogP contribution in [-0.4, -0.2) is 38.9 Å². The van der Waals surface area contributed by atoms with E-state index in [2.05, 4.69) is 10.2 Å². The third-order valence-corrected chi connectivity index (χ3v) is 3.29. The standard InChI is InChI=1S/C11H12N2O2S/c14-6-9(15)7-16-11-10-4-2-1-3-8(10)5-12-13-11/h1-5,9,14-15H,6-7H2. The van der Waals surface area contributed by atoms with Gasteiger partial charge in [0.1, 0.15) is 5.03 Å². The number of aromatic nitrogens is 2. The maximum atomic E-state index is 9.27. The van der Waals surface area contributed by atoms with E-state index in [9.17, 15) is 5.11 Å². The first-order valence-corrected chi connectivity index (χ1v) is 5.92. The Balaban J connectivity index is 2.23. The molecule has 0 saturated heterocycles. The fourth-order valence-corrected chi connectivity index (χ4v) is 2.24. The van der Waals surface area contributed by atoms with E-state index in [1.807, 2.05) is 24.3 Å². The smallest absolute Gasteiger partial charge is 0.127 e. The number of benzene rings is 1. The van der Waals surface area contributed by atoms with Crippen molar-refractivity contribution in [2.45, 2.75) is 11.1 Å². The van der Waals surface area contributed by atoms with E-state index in [-0.39, 0.29) is 6.61 Å². The molecular weight excluding hydrogens is 224 g/mol.